The Morgan fingerprint density at radius 3 is 2.42 bits per heavy atom. The minimum Gasteiger partial charge on any atom is -0.463 e. The zero-order valence-electron chi connectivity index (χ0n) is 15.6. The van der Waals surface area contributed by atoms with Crippen LogP contribution in [0.1, 0.15) is 66.2 Å². The van der Waals surface area contributed by atoms with Gasteiger partial charge in [-0.05, 0) is 72.1 Å². The van der Waals surface area contributed by atoms with Crippen LogP contribution < -0.4 is 5.32 Å². The van der Waals surface area contributed by atoms with Crippen molar-refractivity contribution in [3.8, 4) is 0 Å². The molecule has 0 aromatic heterocycles. The average Bonchev–Trinajstić information content (AvgIpc) is 2.49. The predicted molar refractivity (Wildman–Crippen MR) is 94.6 cm³/mol. The van der Waals surface area contributed by atoms with Gasteiger partial charge in [0.1, 0.15) is 5.60 Å². The number of hydrogen-bond acceptors (Lipinski definition) is 5. The van der Waals surface area contributed by atoms with Gasteiger partial charge in [0.2, 0.25) is 0 Å². The summed E-state index contributed by atoms with van der Waals surface area (Å²) >= 11 is 0. The fraction of sp³-hybridized carbons (Fsp3) is 0.789. The highest BCUT2D eigenvalue weighted by atomic mass is 16.6. The van der Waals surface area contributed by atoms with Gasteiger partial charge in [0.05, 0.1) is 13.2 Å². The molecule has 0 saturated heterocycles. The first kappa shape index (κ1) is 20.7. The van der Waals surface area contributed by atoms with E-state index in [1.54, 1.807) is 6.92 Å². The van der Waals surface area contributed by atoms with E-state index in [1.165, 1.54) is 18.9 Å². The third-order valence-electron chi connectivity index (χ3n) is 4.08. The molecule has 0 aromatic rings. The lowest BCUT2D eigenvalue weighted by molar-refractivity contribution is -0.153. The second-order valence-electron chi connectivity index (χ2n) is 7.42. The van der Waals surface area contributed by atoms with Gasteiger partial charge >= 0.3 is 11.9 Å². The molecular weight excluding hydrogens is 306 g/mol. The SMILES string of the molecule is CCOC(=O)C=CCC[C@H]1CC[C@H](NCC(=O)OC(C)(C)C)CC1. The van der Waals surface area contributed by atoms with Crippen molar-refractivity contribution in [2.75, 3.05) is 13.2 Å². The van der Waals surface area contributed by atoms with E-state index in [1.807, 2.05) is 26.8 Å². The van der Waals surface area contributed by atoms with Crippen molar-refractivity contribution in [3.63, 3.8) is 0 Å². The molecule has 0 unspecified atom stereocenters. The highest BCUT2D eigenvalue weighted by molar-refractivity contribution is 5.81. The van der Waals surface area contributed by atoms with Crippen molar-refractivity contribution in [1.29, 1.82) is 0 Å². The van der Waals surface area contributed by atoms with Crippen LogP contribution in [0.4, 0.5) is 0 Å². The van der Waals surface area contributed by atoms with Gasteiger partial charge in [-0.2, -0.15) is 0 Å². The summed E-state index contributed by atoms with van der Waals surface area (Å²) in [5.74, 6) is 0.262. The highest BCUT2D eigenvalue weighted by Gasteiger charge is 2.22. The molecule has 1 fully saturated rings. The van der Waals surface area contributed by atoms with Crippen LogP contribution in [0.3, 0.4) is 0 Å². The first-order chi connectivity index (χ1) is 11.3. The molecule has 24 heavy (non-hydrogen) atoms. The number of nitrogens with one attached hydrogen (secondary N) is 1. The fourth-order valence-electron chi connectivity index (χ4n) is 2.96. The summed E-state index contributed by atoms with van der Waals surface area (Å²) in [6.45, 7) is 8.16. The van der Waals surface area contributed by atoms with Crippen LogP contribution >= 0.6 is 0 Å². The van der Waals surface area contributed by atoms with Gasteiger partial charge in [0, 0.05) is 12.1 Å². The fourth-order valence-corrected chi connectivity index (χ4v) is 2.96. The van der Waals surface area contributed by atoms with Crippen LogP contribution in [0, 0.1) is 5.92 Å². The second-order valence-corrected chi connectivity index (χ2v) is 7.42. The smallest absolute Gasteiger partial charge is 0.330 e. The van der Waals surface area contributed by atoms with Crippen molar-refractivity contribution in [1.82, 2.24) is 5.32 Å². The van der Waals surface area contributed by atoms with E-state index in [-0.39, 0.29) is 18.5 Å². The van der Waals surface area contributed by atoms with Crippen molar-refractivity contribution in [3.05, 3.63) is 12.2 Å². The normalized spacial score (nSPS) is 21.7. The van der Waals surface area contributed by atoms with E-state index in [2.05, 4.69) is 5.32 Å². The van der Waals surface area contributed by atoms with Crippen LogP contribution in [0.5, 0.6) is 0 Å². The molecule has 1 saturated carbocycles. The van der Waals surface area contributed by atoms with Gasteiger partial charge in [-0.15, -0.1) is 0 Å². The minimum atomic E-state index is -0.423. The molecule has 1 aliphatic carbocycles. The lowest BCUT2D eigenvalue weighted by atomic mass is 9.83. The van der Waals surface area contributed by atoms with Crippen molar-refractivity contribution in [2.24, 2.45) is 5.92 Å². The third kappa shape index (κ3) is 9.71. The molecule has 1 aliphatic rings. The molecular formula is C19H33NO4. The van der Waals surface area contributed by atoms with Gasteiger partial charge < -0.3 is 14.8 Å². The van der Waals surface area contributed by atoms with Crippen molar-refractivity contribution >= 4 is 11.9 Å². The van der Waals surface area contributed by atoms with Crippen LogP contribution in [0.15, 0.2) is 12.2 Å². The molecule has 0 heterocycles. The highest BCUT2D eigenvalue weighted by Crippen LogP contribution is 2.28. The van der Waals surface area contributed by atoms with E-state index in [9.17, 15) is 9.59 Å². The maximum Gasteiger partial charge on any atom is 0.330 e. The van der Waals surface area contributed by atoms with Gasteiger partial charge in [0.25, 0.3) is 0 Å². The van der Waals surface area contributed by atoms with Crippen LogP contribution in [-0.4, -0.2) is 36.7 Å². The van der Waals surface area contributed by atoms with Crippen LogP contribution in [0.2, 0.25) is 0 Å². The Hall–Kier alpha value is -1.36. The summed E-state index contributed by atoms with van der Waals surface area (Å²) in [7, 11) is 0. The zero-order chi connectivity index (χ0) is 18.0. The molecule has 1 rings (SSSR count). The molecule has 0 bridgehead atoms. The number of carbonyl (C=O) groups excluding carboxylic acids is 2. The quantitative estimate of drug-likeness (QED) is 0.542. The first-order valence-corrected chi connectivity index (χ1v) is 9.08. The summed E-state index contributed by atoms with van der Waals surface area (Å²) in [5, 5.41) is 3.31. The van der Waals surface area contributed by atoms with E-state index < -0.39 is 5.60 Å². The molecule has 5 heteroatoms. The third-order valence-corrected chi connectivity index (χ3v) is 4.08. The molecule has 5 nitrogen and oxygen atoms in total. The molecule has 0 spiro atoms. The second kappa shape index (κ2) is 10.5. The van der Waals surface area contributed by atoms with Gasteiger partial charge in [-0.25, -0.2) is 4.79 Å². The Morgan fingerprint density at radius 1 is 1.17 bits per heavy atom. The lowest BCUT2D eigenvalue weighted by Crippen LogP contribution is -2.39. The van der Waals surface area contributed by atoms with Gasteiger partial charge in [-0.3, -0.25) is 4.79 Å². The van der Waals surface area contributed by atoms with Gasteiger partial charge in [0.15, 0.2) is 0 Å². The van der Waals surface area contributed by atoms with Crippen molar-refractivity contribution in [2.45, 2.75) is 77.9 Å². The largest absolute Gasteiger partial charge is 0.463 e. The Labute approximate surface area is 146 Å². The Bertz CT molecular complexity index is 418. The zero-order valence-corrected chi connectivity index (χ0v) is 15.6. The van der Waals surface area contributed by atoms with Crippen LogP contribution in [0.25, 0.3) is 0 Å². The van der Waals surface area contributed by atoms with Gasteiger partial charge in [-0.1, -0.05) is 6.08 Å². The number of hydrogen-bond donors (Lipinski definition) is 1. The summed E-state index contributed by atoms with van der Waals surface area (Å²) < 4.78 is 10.2. The maximum atomic E-state index is 11.7. The molecule has 0 atom stereocenters. The van der Waals surface area contributed by atoms with E-state index in [0.717, 1.165) is 25.7 Å². The van der Waals surface area contributed by atoms with E-state index in [4.69, 9.17) is 9.47 Å². The number of esters is 2. The minimum absolute atomic E-state index is 0.186. The summed E-state index contributed by atoms with van der Waals surface area (Å²) in [4.78, 5) is 22.9. The number of ether oxygens (including phenoxy) is 2. The standard InChI is InChI=1S/C19H33NO4/c1-5-23-17(21)9-7-6-8-15-10-12-16(13-11-15)20-14-18(22)24-19(2,3)4/h7,9,15-16,20H,5-6,8,10-14H2,1-4H3/t15-,16-. The monoisotopic (exact) mass is 339 g/mol. The summed E-state index contributed by atoms with van der Waals surface area (Å²) in [5.41, 5.74) is -0.423. The Kier molecular flexibility index (Phi) is 9.04. The number of carbonyl (C=O) groups is 2. The molecule has 1 N–H and O–H groups in total. The van der Waals surface area contributed by atoms with Crippen molar-refractivity contribution < 1.29 is 19.1 Å². The predicted octanol–water partition coefficient (Wildman–Crippen LogP) is 3.38. The lowest BCUT2D eigenvalue weighted by Gasteiger charge is -2.29. The number of allylic oxidation sites excluding steroid dienone is 1. The molecule has 0 amide bonds. The molecule has 0 aromatic carbocycles. The Balaban J connectivity index is 2.13. The van der Waals surface area contributed by atoms with E-state index in [0.29, 0.717) is 18.6 Å². The summed E-state index contributed by atoms with van der Waals surface area (Å²) in [6, 6.07) is 0.406. The molecule has 0 aliphatic heterocycles. The topological polar surface area (TPSA) is 64.6 Å². The first-order valence-electron chi connectivity index (χ1n) is 9.08. The number of rotatable bonds is 8. The Morgan fingerprint density at radius 2 is 1.83 bits per heavy atom. The average molecular weight is 339 g/mol. The molecule has 0 radical (unpaired) electrons. The van der Waals surface area contributed by atoms with E-state index >= 15 is 0 Å². The maximum absolute atomic E-state index is 11.7. The molecule has 138 valence electrons. The van der Waals surface area contributed by atoms with Crippen LogP contribution in [-0.2, 0) is 19.1 Å². The summed E-state index contributed by atoms with van der Waals surface area (Å²) in [6.07, 6.45) is 9.97.